The first-order valence-electron chi connectivity index (χ1n) is 11.5. The Morgan fingerprint density at radius 1 is 1.32 bits per heavy atom. The summed E-state index contributed by atoms with van der Waals surface area (Å²) in [5, 5.41) is 12.9. The molecule has 8 heteroatoms. The smallest absolute Gasteiger partial charge is 0.228 e. The standard InChI is InChI=1S/C26H28N4O3S/c1-29(26(33)10-17-5-6-18-12-25(32)28-22(18)9-17)23(15-30-8-7-21(31)14-30)19-3-2-4-20(11-19)24-13-27-16-34-24/h2-6,9,11,13,16,21,23,31H,7-8,10,12,14-15H2,1H3,(H,28,32)/t21?,23-/m1/s1. The Balaban J connectivity index is 1.38. The van der Waals surface area contributed by atoms with Gasteiger partial charge in [0.25, 0.3) is 0 Å². The Bertz CT molecular complexity index is 1200. The average Bonchev–Trinajstić information content (AvgIpc) is 3.57. The van der Waals surface area contributed by atoms with Crippen molar-refractivity contribution in [1.82, 2.24) is 14.8 Å². The first-order valence-corrected chi connectivity index (χ1v) is 12.4. The van der Waals surface area contributed by atoms with Crippen molar-refractivity contribution in [1.29, 1.82) is 0 Å². The van der Waals surface area contributed by atoms with Gasteiger partial charge in [-0.05, 0) is 40.8 Å². The average molecular weight is 477 g/mol. The van der Waals surface area contributed by atoms with Gasteiger partial charge in [-0.2, -0.15) is 0 Å². The molecule has 2 amide bonds. The zero-order valence-corrected chi connectivity index (χ0v) is 19.9. The largest absolute Gasteiger partial charge is 0.392 e. The van der Waals surface area contributed by atoms with E-state index >= 15 is 0 Å². The first kappa shape index (κ1) is 22.7. The molecule has 3 aromatic rings. The van der Waals surface area contributed by atoms with Crippen LogP contribution < -0.4 is 5.32 Å². The van der Waals surface area contributed by atoms with Crippen LogP contribution in [0.15, 0.2) is 54.2 Å². The quantitative estimate of drug-likeness (QED) is 0.547. The third-order valence-corrected chi connectivity index (χ3v) is 7.50. The second-order valence-electron chi connectivity index (χ2n) is 9.11. The van der Waals surface area contributed by atoms with Gasteiger partial charge in [-0.1, -0.05) is 30.3 Å². The molecule has 1 aromatic heterocycles. The highest BCUT2D eigenvalue weighted by molar-refractivity contribution is 7.13. The number of β-amino-alcohol motifs (C(OH)–C–C–N with tert-alkyl or cyclic N) is 1. The molecule has 0 bridgehead atoms. The lowest BCUT2D eigenvalue weighted by Gasteiger charge is -2.32. The Hall–Kier alpha value is -3.07. The van der Waals surface area contributed by atoms with Crippen molar-refractivity contribution in [2.45, 2.75) is 31.4 Å². The van der Waals surface area contributed by atoms with E-state index in [-0.39, 0.29) is 30.4 Å². The van der Waals surface area contributed by atoms with Crippen LogP contribution >= 0.6 is 11.3 Å². The molecule has 34 heavy (non-hydrogen) atoms. The summed E-state index contributed by atoms with van der Waals surface area (Å²) in [4.78, 5) is 34.4. The van der Waals surface area contributed by atoms with Gasteiger partial charge in [-0.15, -0.1) is 11.3 Å². The molecule has 7 nitrogen and oxygen atoms in total. The van der Waals surface area contributed by atoms with E-state index in [1.54, 1.807) is 11.3 Å². The Kier molecular flexibility index (Phi) is 6.45. The lowest BCUT2D eigenvalue weighted by molar-refractivity contribution is -0.131. The summed E-state index contributed by atoms with van der Waals surface area (Å²) >= 11 is 1.59. The summed E-state index contributed by atoms with van der Waals surface area (Å²) in [6.45, 7) is 2.10. The molecule has 0 radical (unpaired) electrons. The van der Waals surface area contributed by atoms with Crippen LogP contribution in [0.5, 0.6) is 0 Å². The normalized spacial score (nSPS) is 18.5. The molecule has 1 fully saturated rings. The summed E-state index contributed by atoms with van der Waals surface area (Å²) in [5.41, 5.74) is 6.62. The number of nitrogens with zero attached hydrogens (tertiary/aromatic N) is 3. The highest BCUT2D eigenvalue weighted by atomic mass is 32.1. The van der Waals surface area contributed by atoms with Crippen LogP contribution in [0.1, 0.15) is 29.2 Å². The molecular formula is C26H28N4O3S. The van der Waals surface area contributed by atoms with Crippen molar-refractivity contribution in [2.24, 2.45) is 0 Å². The van der Waals surface area contributed by atoms with Crippen molar-refractivity contribution in [2.75, 3.05) is 32.0 Å². The molecule has 1 unspecified atom stereocenters. The van der Waals surface area contributed by atoms with Crippen molar-refractivity contribution in [3.8, 4) is 10.4 Å². The van der Waals surface area contributed by atoms with E-state index in [4.69, 9.17) is 0 Å². The highest BCUT2D eigenvalue weighted by Crippen LogP contribution is 2.30. The number of rotatable bonds is 7. The number of likely N-dealkylation sites (N-methyl/N-ethyl adjacent to an activating group) is 1. The third-order valence-electron chi connectivity index (χ3n) is 6.68. The highest BCUT2D eigenvalue weighted by Gasteiger charge is 2.29. The molecule has 2 aliphatic rings. The van der Waals surface area contributed by atoms with E-state index < -0.39 is 0 Å². The molecule has 176 valence electrons. The van der Waals surface area contributed by atoms with Gasteiger partial charge in [0.1, 0.15) is 0 Å². The Morgan fingerprint density at radius 2 is 2.21 bits per heavy atom. The van der Waals surface area contributed by atoms with Crippen LogP contribution in [-0.4, -0.2) is 64.5 Å². The molecule has 0 spiro atoms. The minimum absolute atomic E-state index is 0.00992. The molecule has 2 N–H and O–H groups in total. The fourth-order valence-electron chi connectivity index (χ4n) is 4.78. The molecule has 3 heterocycles. The van der Waals surface area contributed by atoms with Gasteiger partial charge < -0.3 is 15.3 Å². The number of amides is 2. The fraction of sp³-hybridized carbons (Fsp3) is 0.346. The van der Waals surface area contributed by atoms with E-state index in [2.05, 4.69) is 33.4 Å². The van der Waals surface area contributed by atoms with Gasteiger partial charge in [-0.25, -0.2) is 0 Å². The Labute approximate surface area is 203 Å². The number of anilines is 1. The maximum atomic E-state index is 13.4. The minimum atomic E-state index is -0.313. The van der Waals surface area contributed by atoms with Crippen molar-refractivity contribution < 1.29 is 14.7 Å². The maximum absolute atomic E-state index is 13.4. The van der Waals surface area contributed by atoms with Crippen LogP contribution in [-0.2, 0) is 22.4 Å². The van der Waals surface area contributed by atoms with Gasteiger partial charge in [0.15, 0.2) is 0 Å². The summed E-state index contributed by atoms with van der Waals surface area (Å²) < 4.78 is 0. The van der Waals surface area contributed by atoms with Crippen LogP contribution in [0.3, 0.4) is 0 Å². The number of benzene rings is 2. The molecule has 2 atom stereocenters. The van der Waals surface area contributed by atoms with Crippen LogP contribution in [0, 0.1) is 0 Å². The van der Waals surface area contributed by atoms with Gasteiger partial charge in [0.2, 0.25) is 11.8 Å². The number of carbonyl (C=O) groups is 2. The lowest BCUT2D eigenvalue weighted by atomic mass is 10.0. The number of nitrogens with one attached hydrogen (secondary N) is 1. The number of aromatic nitrogens is 1. The van der Waals surface area contributed by atoms with Gasteiger partial charge in [0.05, 0.1) is 35.4 Å². The maximum Gasteiger partial charge on any atom is 0.228 e. The van der Waals surface area contributed by atoms with Crippen LogP contribution in [0.25, 0.3) is 10.4 Å². The summed E-state index contributed by atoms with van der Waals surface area (Å²) in [7, 11) is 1.86. The second kappa shape index (κ2) is 9.66. The molecule has 0 saturated carbocycles. The van der Waals surface area contributed by atoms with Gasteiger partial charge >= 0.3 is 0 Å². The molecule has 0 aliphatic carbocycles. The number of likely N-dealkylation sites (tertiary alicyclic amines) is 1. The number of aliphatic hydroxyl groups is 1. The van der Waals surface area contributed by atoms with Crippen molar-refractivity contribution in [3.63, 3.8) is 0 Å². The summed E-state index contributed by atoms with van der Waals surface area (Å²) in [6.07, 6.45) is 2.95. The van der Waals surface area contributed by atoms with E-state index in [1.165, 1.54) is 0 Å². The predicted octanol–water partition coefficient (Wildman–Crippen LogP) is 3.11. The number of fused-ring (bicyclic) bond motifs is 1. The first-order chi connectivity index (χ1) is 16.5. The number of thiazole rings is 1. The van der Waals surface area contributed by atoms with E-state index in [1.807, 2.05) is 47.9 Å². The number of carbonyl (C=O) groups excluding carboxylic acids is 2. The van der Waals surface area contributed by atoms with Crippen LogP contribution in [0.4, 0.5) is 5.69 Å². The minimum Gasteiger partial charge on any atom is -0.392 e. The lowest BCUT2D eigenvalue weighted by Crippen LogP contribution is -2.39. The molecule has 2 aliphatic heterocycles. The number of aliphatic hydroxyl groups excluding tert-OH is 1. The fourth-order valence-corrected chi connectivity index (χ4v) is 5.40. The molecule has 2 aromatic carbocycles. The summed E-state index contributed by atoms with van der Waals surface area (Å²) in [5.74, 6) is 0.00138. The number of hydrogen-bond donors (Lipinski definition) is 2. The topological polar surface area (TPSA) is 85.8 Å². The van der Waals surface area contributed by atoms with Crippen molar-refractivity contribution in [3.05, 3.63) is 70.9 Å². The van der Waals surface area contributed by atoms with Gasteiger partial charge in [0, 0.05) is 38.6 Å². The molecular weight excluding hydrogens is 448 g/mol. The molecule has 5 rings (SSSR count). The van der Waals surface area contributed by atoms with Crippen molar-refractivity contribution >= 4 is 28.8 Å². The third kappa shape index (κ3) is 4.89. The Morgan fingerprint density at radius 3 is 2.97 bits per heavy atom. The zero-order valence-electron chi connectivity index (χ0n) is 19.1. The zero-order chi connectivity index (χ0) is 23.7. The van der Waals surface area contributed by atoms with E-state index in [0.717, 1.165) is 45.8 Å². The monoisotopic (exact) mass is 476 g/mol. The van der Waals surface area contributed by atoms with E-state index in [9.17, 15) is 14.7 Å². The van der Waals surface area contributed by atoms with Crippen LogP contribution in [0.2, 0.25) is 0 Å². The SMILES string of the molecule is CN(C(=O)Cc1ccc2c(c1)NC(=O)C2)[C@H](CN1CCC(O)C1)c1cccc(-c2cncs2)c1. The van der Waals surface area contributed by atoms with Gasteiger partial charge in [-0.3, -0.25) is 19.5 Å². The molecule has 1 saturated heterocycles. The second-order valence-corrected chi connectivity index (χ2v) is 9.99. The predicted molar refractivity (Wildman–Crippen MR) is 133 cm³/mol. The summed E-state index contributed by atoms with van der Waals surface area (Å²) in [6, 6.07) is 13.9. The number of hydrogen-bond acceptors (Lipinski definition) is 6. The van der Waals surface area contributed by atoms with E-state index in [0.29, 0.717) is 19.5 Å².